The van der Waals surface area contributed by atoms with E-state index in [2.05, 4.69) is 20.9 Å². The highest BCUT2D eigenvalue weighted by molar-refractivity contribution is 9.10. The molecule has 0 fully saturated rings. The largest absolute Gasteiger partial charge is 0.481 e. The molecule has 0 radical (unpaired) electrons. The standard InChI is InChI=1S/C15H17BrN2O2/c1-10(15(19)20)8-18(2)9-11-6-7-17-14-12(11)4-3-5-13(14)16/h3-7,10H,8-9H2,1-2H3,(H,19,20). The van der Waals surface area contributed by atoms with Gasteiger partial charge in [0, 0.05) is 29.1 Å². The Kier molecular flexibility index (Phi) is 4.73. The molecule has 106 valence electrons. The average molecular weight is 337 g/mol. The Morgan fingerprint density at radius 1 is 1.45 bits per heavy atom. The predicted molar refractivity (Wildman–Crippen MR) is 82.6 cm³/mol. The fourth-order valence-corrected chi connectivity index (χ4v) is 2.70. The van der Waals surface area contributed by atoms with Crippen LogP contribution in [-0.2, 0) is 11.3 Å². The first-order valence-corrected chi connectivity index (χ1v) is 7.22. The molecule has 1 atom stereocenters. The Morgan fingerprint density at radius 2 is 2.20 bits per heavy atom. The molecule has 1 N–H and O–H groups in total. The molecule has 0 aliphatic rings. The van der Waals surface area contributed by atoms with Crippen molar-refractivity contribution in [3.63, 3.8) is 0 Å². The Morgan fingerprint density at radius 3 is 2.90 bits per heavy atom. The molecule has 0 amide bonds. The number of rotatable bonds is 5. The number of hydrogen-bond donors (Lipinski definition) is 1. The number of benzene rings is 1. The zero-order valence-electron chi connectivity index (χ0n) is 11.5. The van der Waals surface area contributed by atoms with Crippen LogP contribution in [0.1, 0.15) is 12.5 Å². The van der Waals surface area contributed by atoms with E-state index in [0.29, 0.717) is 13.1 Å². The van der Waals surface area contributed by atoms with Gasteiger partial charge in [0.15, 0.2) is 0 Å². The average Bonchev–Trinajstić information content (AvgIpc) is 2.39. The van der Waals surface area contributed by atoms with Crippen LogP contribution in [-0.4, -0.2) is 34.6 Å². The van der Waals surface area contributed by atoms with Crippen molar-refractivity contribution >= 4 is 32.8 Å². The molecule has 0 spiro atoms. The quantitative estimate of drug-likeness (QED) is 0.911. The van der Waals surface area contributed by atoms with Crippen LogP contribution >= 0.6 is 15.9 Å². The minimum absolute atomic E-state index is 0.375. The fourth-order valence-electron chi connectivity index (χ4n) is 2.24. The zero-order chi connectivity index (χ0) is 14.7. The molecule has 0 saturated heterocycles. The number of carbonyl (C=O) groups is 1. The molecule has 5 heteroatoms. The smallest absolute Gasteiger partial charge is 0.307 e. The van der Waals surface area contributed by atoms with Gasteiger partial charge in [-0.1, -0.05) is 19.1 Å². The number of carboxylic acid groups (broad SMARTS) is 1. The molecule has 20 heavy (non-hydrogen) atoms. The number of fused-ring (bicyclic) bond motifs is 1. The van der Waals surface area contributed by atoms with Crippen LogP contribution in [0.2, 0.25) is 0 Å². The van der Waals surface area contributed by atoms with Crippen LogP contribution in [0.5, 0.6) is 0 Å². The number of hydrogen-bond acceptors (Lipinski definition) is 3. The lowest BCUT2D eigenvalue weighted by molar-refractivity contribution is -0.141. The van der Waals surface area contributed by atoms with E-state index in [1.165, 1.54) is 0 Å². The minimum Gasteiger partial charge on any atom is -0.481 e. The highest BCUT2D eigenvalue weighted by atomic mass is 79.9. The maximum atomic E-state index is 10.9. The van der Waals surface area contributed by atoms with Crippen molar-refractivity contribution in [3.8, 4) is 0 Å². The third-order valence-electron chi connectivity index (χ3n) is 3.26. The molecule has 1 heterocycles. The Hall–Kier alpha value is -1.46. The van der Waals surface area contributed by atoms with E-state index < -0.39 is 5.97 Å². The lowest BCUT2D eigenvalue weighted by Gasteiger charge is -2.20. The first-order chi connectivity index (χ1) is 9.49. The number of carboxylic acids is 1. The summed E-state index contributed by atoms with van der Waals surface area (Å²) in [5, 5.41) is 10.1. The Labute approximate surface area is 126 Å². The van der Waals surface area contributed by atoms with Crippen molar-refractivity contribution < 1.29 is 9.90 Å². The summed E-state index contributed by atoms with van der Waals surface area (Å²) in [6.07, 6.45) is 1.79. The first-order valence-electron chi connectivity index (χ1n) is 6.42. The van der Waals surface area contributed by atoms with Gasteiger partial charge in [-0.25, -0.2) is 0 Å². The molecule has 0 bridgehead atoms. The number of pyridine rings is 1. The van der Waals surface area contributed by atoms with E-state index in [1.807, 2.05) is 36.2 Å². The topological polar surface area (TPSA) is 53.4 Å². The zero-order valence-corrected chi connectivity index (χ0v) is 13.1. The van der Waals surface area contributed by atoms with Gasteiger partial charge in [0.2, 0.25) is 0 Å². The lowest BCUT2D eigenvalue weighted by atomic mass is 10.1. The molecule has 2 rings (SSSR count). The molecule has 0 aliphatic heterocycles. The summed E-state index contributed by atoms with van der Waals surface area (Å²) in [5.41, 5.74) is 2.08. The van der Waals surface area contributed by atoms with Crippen LogP contribution < -0.4 is 0 Å². The van der Waals surface area contributed by atoms with Crippen LogP contribution in [0.15, 0.2) is 34.9 Å². The van der Waals surface area contributed by atoms with E-state index in [-0.39, 0.29) is 5.92 Å². The summed E-state index contributed by atoms with van der Waals surface area (Å²) in [7, 11) is 1.93. The van der Waals surface area contributed by atoms with Gasteiger partial charge in [0.1, 0.15) is 0 Å². The molecule has 0 aliphatic carbocycles. The van der Waals surface area contributed by atoms with Gasteiger partial charge < -0.3 is 10.0 Å². The molecule has 1 unspecified atom stereocenters. The summed E-state index contributed by atoms with van der Waals surface area (Å²) in [6, 6.07) is 7.97. The van der Waals surface area contributed by atoms with E-state index in [4.69, 9.17) is 5.11 Å². The van der Waals surface area contributed by atoms with Crippen molar-refractivity contribution in [2.24, 2.45) is 5.92 Å². The van der Waals surface area contributed by atoms with Gasteiger partial charge in [0.05, 0.1) is 11.4 Å². The Balaban J connectivity index is 2.22. The van der Waals surface area contributed by atoms with Gasteiger partial charge in [-0.2, -0.15) is 0 Å². The molecular formula is C15H17BrN2O2. The molecule has 4 nitrogen and oxygen atoms in total. The van der Waals surface area contributed by atoms with Gasteiger partial charge >= 0.3 is 5.97 Å². The van der Waals surface area contributed by atoms with Crippen molar-refractivity contribution in [1.82, 2.24) is 9.88 Å². The van der Waals surface area contributed by atoms with Gasteiger partial charge in [-0.3, -0.25) is 9.78 Å². The SMILES string of the molecule is CC(CN(C)Cc1ccnc2c(Br)cccc12)C(=O)O. The summed E-state index contributed by atoms with van der Waals surface area (Å²) in [4.78, 5) is 17.3. The summed E-state index contributed by atoms with van der Waals surface area (Å²) in [6.45, 7) is 2.94. The molecule has 2 aromatic rings. The van der Waals surface area contributed by atoms with Crippen LogP contribution in [0, 0.1) is 5.92 Å². The summed E-state index contributed by atoms with van der Waals surface area (Å²) in [5.74, 6) is -1.14. The number of aliphatic carboxylic acids is 1. The van der Waals surface area contributed by atoms with Crippen molar-refractivity contribution in [3.05, 3.63) is 40.5 Å². The van der Waals surface area contributed by atoms with Crippen LogP contribution in [0.4, 0.5) is 0 Å². The second-order valence-corrected chi connectivity index (χ2v) is 5.90. The highest BCUT2D eigenvalue weighted by Gasteiger charge is 2.14. The number of halogens is 1. The molecular weight excluding hydrogens is 320 g/mol. The maximum Gasteiger partial charge on any atom is 0.307 e. The number of aromatic nitrogens is 1. The Bertz CT molecular complexity index is 630. The van der Waals surface area contributed by atoms with E-state index >= 15 is 0 Å². The van der Waals surface area contributed by atoms with Gasteiger partial charge in [-0.05, 0) is 40.7 Å². The van der Waals surface area contributed by atoms with Crippen LogP contribution in [0.3, 0.4) is 0 Å². The highest BCUT2D eigenvalue weighted by Crippen LogP contribution is 2.25. The number of nitrogens with zero attached hydrogens (tertiary/aromatic N) is 2. The summed E-state index contributed by atoms with van der Waals surface area (Å²) < 4.78 is 0.971. The van der Waals surface area contributed by atoms with E-state index in [0.717, 1.165) is 20.9 Å². The van der Waals surface area contributed by atoms with E-state index in [1.54, 1.807) is 13.1 Å². The summed E-state index contributed by atoms with van der Waals surface area (Å²) >= 11 is 3.50. The van der Waals surface area contributed by atoms with Gasteiger partial charge in [0.25, 0.3) is 0 Å². The van der Waals surface area contributed by atoms with Crippen LogP contribution in [0.25, 0.3) is 10.9 Å². The van der Waals surface area contributed by atoms with Crippen molar-refractivity contribution in [2.75, 3.05) is 13.6 Å². The van der Waals surface area contributed by atoms with Crippen molar-refractivity contribution in [2.45, 2.75) is 13.5 Å². The molecule has 1 aromatic heterocycles. The first kappa shape index (κ1) is 14.9. The third kappa shape index (κ3) is 3.35. The maximum absolute atomic E-state index is 10.9. The molecule has 0 saturated carbocycles. The van der Waals surface area contributed by atoms with Crippen molar-refractivity contribution in [1.29, 1.82) is 0 Å². The minimum atomic E-state index is -0.765. The second-order valence-electron chi connectivity index (χ2n) is 5.04. The predicted octanol–water partition coefficient (Wildman–Crippen LogP) is 3.15. The third-order valence-corrected chi connectivity index (χ3v) is 3.90. The number of para-hydroxylation sites is 1. The fraction of sp³-hybridized carbons (Fsp3) is 0.333. The van der Waals surface area contributed by atoms with Gasteiger partial charge in [-0.15, -0.1) is 0 Å². The second kappa shape index (κ2) is 6.33. The van der Waals surface area contributed by atoms with E-state index in [9.17, 15) is 4.79 Å². The lowest BCUT2D eigenvalue weighted by Crippen LogP contribution is -2.28. The monoisotopic (exact) mass is 336 g/mol. The molecule has 1 aromatic carbocycles. The normalized spacial score (nSPS) is 12.8.